The van der Waals surface area contributed by atoms with Gasteiger partial charge in [-0.1, -0.05) is 89.6 Å². The van der Waals surface area contributed by atoms with E-state index in [1.807, 2.05) is 6.08 Å². The third-order valence-electron chi connectivity index (χ3n) is 8.35. The molecule has 1 aromatic carbocycles. The Morgan fingerprint density at radius 2 is 1.81 bits per heavy atom. The van der Waals surface area contributed by atoms with Crippen molar-refractivity contribution in [2.75, 3.05) is 0 Å². The second kappa shape index (κ2) is 11.4. The molecule has 0 spiro atoms. The Bertz CT molecular complexity index is 904. The van der Waals surface area contributed by atoms with Crippen molar-refractivity contribution in [2.24, 2.45) is 23.2 Å². The molecule has 0 radical (unpaired) electrons. The lowest BCUT2D eigenvalue weighted by Gasteiger charge is -2.50. The maximum absolute atomic E-state index is 5.42. The molecule has 0 heterocycles. The summed E-state index contributed by atoms with van der Waals surface area (Å²) in [5.74, 6) is 4.54. The van der Waals surface area contributed by atoms with Crippen LogP contribution < -0.4 is 5.32 Å². The van der Waals surface area contributed by atoms with E-state index in [4.69, 9.17) is 6.42 Å². The van der Waals surface area contributed by atoms with Crippen molar-refractivity contribution in [3.63, 3.8) is 0 Å². The fourth-order valence-corrected chi connectivity index (χ4v) is 4.90. The van der Waals surface area contributed by atoms with Gasteiger partial charge in [-0.2, -0.15) is 0 Å². The van der Waals surface area contributed by atoms with Crippen molar-refractivity contribution >= 4 is 0 Å². The van der Waals surface area contributed by atoms with Crippen molar-refractivity contribution in [3.8, 4) is 12.3 Å². The predicted molar refractivity (Wildman–Crippen MR) is 141 cm³/mol. The molecule has 172 valence electrons. The molecule has 2 rings (SSSR count). The molecule has 0 aromatic heterocycles. The molecular formula is C31H43N. The average molecular weight is 430 g/mol. The van der Waals surface area contributed by atoms with Crippen LogP contribution >= 0.6 is 0 Å². The molecule has 1 fully saturated rings. The Morgan fingerprint density at radius 3 is 2.44 bits per heavy atom. The molecule has 1 nitrogen and oxygen atoms in total. The van der Waals surface area contributed by atoms with Gasteiger partial charge in [0.2, 0.25) is 0 Å². The van der Waals surface area contributed by atoms with E-state index in [9.17, 15) is 0 Å². The summed E-state index contributed by atoms with van der Waals surface area (Å²) < 4.78 is 0. The number of hydrogen-bond acceptors (Lipinski definition) is 1. The summed E-state index contributed by atoms with van der Waals surface area (Å²) in [7, 11) is 0. The summed E-state index contributed by atoms with van der Waals surface area (Å²) in [6.45, 7) is 20.9. The van der Waals surface area contributed by atoms with Gasteiger partial charge in [0.1, 0.15) is 0 Å². The second-order valence-corrected chi connectivity index (χ2v) is 10.3. The van der Waals surface area contributed by atoms with E-state index in [1.54, 1.807) is 6.08 Å². The summed E-state index contributed by atoms with van der Waals surface area (Å²) in [4.78, 5) is 0. The first-order valence-corrected chi connectivity index (χ1v) is 12.1. The Labute approximate surface area is 197 Å². The predicted octanol–water partition coefficient (Wildman–Crippen LogP) is 7.88. The molecule has 1 aliphatic rings. The van der Waals surface area contributed by atoms with Gasteiger partial charge in [-0.3, -0.25) is 0 Å². The van der Waals surface area contributed by atoms with E-state index in [0.29, 0.717) is 29.2 Å². The van der Waals surface area contributed by atoms with E-state index in [-0.39, 0.29) is 0 Å². The highest BCUT2D eigenvalue weighted by Crippen LogP contribution is 2.47. The van der Waals surface area contributed by atoms with Gasteiger partial charge in [0.15, 0.2) is 0 Å². The lowest BCUT2D eigenvalue weighted by molar-refractivity contribution is 0.0185. The van der Waals surface area contributed by atoms with Crippen molar-refractivity contribution in [1.82, 2.24) is 5.32 Å². The highest BCUT2D eigenvalue weighted by Gasteiger charge is 2.43. The van der Waals surface area contributed by atoms with E-state index in [2.05, 4.69) is 103 Å². The van der Waals surface area contributed by atoms with Crippen LogP contribution in [-0.4, -0.2) is 6.04 Å². The van der Waals surface area contributed by atoms with Gasteiger partial charge in [0.05, 0.1) is 0 Å². The summed E-state index contributed by atoms with van der Waals surface area (Å²) in [5.41, 5.74) is 6.59. The number of benzene rings is 1. The quantitative estimate of drug-likeness (QED) is 0.327. The zero-order valence-electron chi connectivity index (χ0n) is 21.3. The molecule has 4 unspecified atom stereocenters. The summed E-state index contributed by atoms with van der Waals surface area (Å²) in [5, 5.41) is 3.81. The van der Waals surface area contributed by atoms with Crippen LogP contribution in [0.3, 0.4) is 0 Å². The highest BCUT2D eigenvalue weighted by molar-refractivity contribution is 5.43. The maximum Gasteiger partial charge on any atom is 0.0301 e. The average Bonchev–Trinajstić information content (AvgIpc) is 2.78. The van der Waals surface area contributed by atoms with E-state index in [1.165, 1.54) is 28.7 Å². The van der Waals surface area contributed by atoms with Crippen LogP contribution in [-0.2, 0) is 6.42 Å². The smallest absolute Gasteiger partial charge is 0.0301 e. The van der Waals surface area contributed by atoms with Crippen molar-refractivity contribution in [3.05, 3.63) is 83.1 Å². The zero-order chi connectivity index (χ0) is 23.9. The van der Waals surface area contributed by atoms with Gasteiger partial charge in [-0.25, -0.2) is 0 Å². The molecule has 4 atom stereocenters. The molecular weight excluding hydrogens is 386 g/mol. The second-order valence-electron chi connectivity index (χ2n) is 10.3. The molecule has 1 aliphatic carbocycles. The van der Waals surface area contributed by atoms with Crippen LogP contribution in [0.25, 0.3) is 0 Å². The largest absolute Gasteiger partial charge is 0.382 e. The molecule has 1 N–H and O–H groups in total. The number of terminal acetylenes is 1. The molecule has 0 aliphatic heterocycles. The maximum atomic E-state index is 5.42. The van der Waals surface area contributed by atoms with Crippen LogP contribution in [0.1, 0.15) is 66.9 Å². The van der Waals surface area contributed by atoms with Gasteiger partial charge in [0.25, 0.3) is 0 Å². The van der Waals surface area contributed by atoms with Crippen LogP contribution in [0, 0.1) is 35.5 Å². The van der Waals surface area contributed by atoms with Crippen LogP contribution in [0.15, 0.2) is 77.6 Å². The topological polar surface area (TPSA) is 12.0 Å². The molecule has 0 amide bonds. The molecule has 1 aromatic rings. The zero-order valence-corrected chi connectivity index (χ0v) is 21.3. The van der Waals surface area contributed by atoms with Crippen molar-refractivity contribution < 1.29 is 0 Å². The molecule has 1 heteroatoms. The summed E-state index contributed by atoms with van der Waals surface area (Å²) >= 11 is 0. The lowest BCUT2D eigenvalue weighted by Crippen LogP contribution is -2.50. The first-order valence-electron chi connectivity index (χ1n) is 12.1. The van der Waals surface area contributed by atoms with E-state index < -0.39 is 0 Å². The standard InChI is InChI=1S/C31H43N/c1-10-11-13-18-29(20-19-28-16-14-12-15-17-28)24(4)23(3)27(7)32-30-21-22(2)31(8,9)26(6)25(30)5/h1,11-18,22,25-26,30,32H,7,19-21H2,2-6,8-9H3/b13-11-,24-23-,29-18+. The Balaban J connectivity index is 2.19. The SMILES string of the molecule is C#C\C=C/C=C(CCc1ccccc1)/C(C)=C(/C)C(=C)NC1CC(C)C(C)(C)C(C)C1C. The molecule has 0 bridgehead atoms. The number of rotatable bonds is 8. The third-order valence-corrected chi connectivity index (χ3v) is 8.35. The fraction of sp³-hybridized carbons (Fsp3) is 0.484. The van der Waals surface area contributed by atoms with Gasteiger partial charge in [0, 0.05) is 11.7 Å². The summed E-state index contributed by atoms with van der Waals surface area (Å²) in [6, 6.07) is 11.1. The molecule has 32 heavy (non-hydrogen) atoms. The molecule has 1 saturated carbocycles. The third kappa shape index (κ3) is 6.29. The lowest BCUT2D eigenvalue weighted by atomic mass is 9.58. The molecule has 0 saturated heterocycles. The van der Waals surface area contributed by atoms with Crippen LogP contribution in [0.4, 0.5) is 0 Å². The number of nitrogens with one attached hydrogen (secondary N) is 1. The monoisotopic (exact) mass is 429 g/mol. The minimum atomic E-state index is 0.371. The summed E-state index contributed by atoms with van der Waals surface area (Å²) in [6.07, 6.45) is 14.5. The van der Waals surface area contributed by atoms with Crippen molar-refractivity contribution in [2.45, 2.75) is 73.8 Å². The van der Waals surface area contributed by atoms with Gasteiger partial charge in [-0.15, -0.1) is 6.42 Å². The Kier molecular flexibility index (Phi) is 9.21. The van der Waals surface area contributed by atoms with Crippen molar-refractivity contribution in [1.29, 1.82) is 0 Å². The Morgan fingerprint density at radius 1 is 1.16 bits per heavy atom. The number of allylic oxidation sites excluding steroid dienone is 6. The highest BCUT2D eigenvalue weighted by atomic mass is 14.9. The first-order chi connectivity index (χ1) is 15.1. The number of aryl methyl sites for hydroxylation is 1. The van der Waals surface area contributed by atoms with E-state index in [0.717, 1.165) is 18.5 Å². The van der Waals surface area contributed by atoms with Gasteiger partial charge < -0.3 is 5.32 Å². The Hall–Kier alpha value is -2.46. The minimum Gasteiger partial charge on any atom is -0.382 e. The van der Waals surface area contributed by atoms with Gasteiger partial charge in [-0.05, 0) is 84.6 Å². The first kappa shape index (κ1) is 25.8. The van der Waals surface area contributed by atoms with E-state index >= 15 is 0 Å². The van der Waals surface area contributed by atoms with Gasteiger partial charge >= 0.3 is 0 Å². The number of hydrogen-bond donors (Lipinski definition) is 1. The minimum absolute atomic E-state index is 0.371. The normalized spacial score (nSPS) is 26.4. The van der Waals surface area contributed by atoms with Crippen LogP contribution in [0.2, 0.25) is 0 Å². The van der Waals surface area contributed by atoms with Crippen LogP contribution in [0.5, 0.6) is 0 Å². The fourth-order valence-electron chi connectivity index (χ4n) is 4.90.